The lowest BCUT2D eigenvalue weighted by atomic mass is 10.1. The summed E-state index contributed by atoms with van der Waals surface area (Å²) in [7, 11) is 1.56. The van der Waals surface area contributed by atoms with E-state index >= 15 is 0 Å². The van der Waals surface area contributed by atoms with Crippen LogP contribution in [0.5, 0.6) is 0 Å². The van der Waals surface area contributed by atoms with E-state index in [0.29, 0.717) is 5.56 Å². The average Bonchev–Trinajstić information content (AvgIpc) is 2.46. The Kier molecular flexibility index (Phi) is 5.22. The fourth-order valence-corrected chi connectivity index (χ4v) is 2.44. The van der Waals surface area contributed by atoms with Crippen molar-refractivity contribution in [3.8, 4) is 0 Å². The number of benzene rings is 2. The Morgan fingerprint density at radius 2 is 1.46 bits per heavy atom. The lowest BCUT2D eigenvalue weighted by Gasteiger charge is -2.20. The van der Waals surface area contributed by atoms with Crippen LogP contribution in [0.3, 0.4) is 0 Å². The third kappa shape index (κ3) is 4.74. The summed E-state index contributed by atoms with van der Waals surface area (Å²) < 4.78 is 77.0. The van der Waals surface area contributed by atoms with E-state index in [1.807, 2.05) is 0 Å². The summed E-state index contributed by atoms with van der Waals surface area (Å²) >= 11 is 0. The summed E-state index contributed by atoms with van der Waals surface area (Å²) in [5, 5.41) is 0. The molecule has 0 saturated carbocycles. The van der Waals surface area contributed by atoms with Crippen LogP contribution in [0.4, 0.5) is 26.3 Å². The topological polar surface area (TPSA) is 3.24 Å². The van der Waals surface area contributed by atoms with E-state index in [1.165, 1.54) is 30.3 Å². The van der Waals surface area contributed by atoms with Crippen LogP contribution in [0, 0.1) is 0 Å². The molecule has 0 N–H and O–H groups in total. The highest BCUT2D eigenvalue weighted by Crippen LogP contribution is 2.33. The average molecular weight is 347 g/mol. The van der Waals surface area contributed by atoms with E-state index in [2.05, 4.69) is 0 Å². The Morgan fingerprint density at radius 1 is 0.792 bits per heavy atom. The standard InChI is InChI=1S/C17H15F6N/c1-24(10-12-5-4-7-14(9-12)16(18,19)20)11-13-6-2-3-8-15(13)17(21,22)23/h2-9H,10-11H2,1H3. The second-order valence-electron chi connectivity index (χ2n) is 5.53. The molecule has 0 unspecified atom stereocenters. The second-order valence-corrected chi connectivity index (χ2v) is 5.53. The number of alkyl halides is 6. The first kappa shape index (κ1) is 18.3. The summed E-state index contributed by atoms with van der Waals surface area (Å²) in [6.07, 6.45) is -8.91. The van der Waals surface area contributed by atoms with Crippen LogP contribution < -0.4 is 0 Å². The molecule has 2 rings (SSSR count). The van der Waals surface area contributed by atoms with Gasteiger partial charge in [0.1, 0.15) is 0 Å². The van der Waals surface area contributed by atoms with Crippen molar-refractivity contribution in [1.82, 2.24) is 4.90 Å². The van der Waals surface area contributed by atoms with Crippen molar-refractivity contribution in [3.63, 3.8) is 0 Å². The molecule has 0 bridgehead atoms. The number of halogens is 6. The largest absolute Gasteiger partial charge is 0.416 e. The normalized spacial score (nSPS) is 12.7. The second kappa shape index (κ2) is 6.84. The van der Waals surface area contributed by atoms with Gasteiger partial charge in [0.25, 0.3) is 0 Å². The molecule has 0 aromatic heterocycles. The SMILES string of the molecule is CN(Cc1cccc(C(F)(F)F)c1)Cc1ccccc1C(F)(F)F. The zero-order valence-electron chi connectivity index (χ0n) is 12.7. The highest BCUT2D eigenvalue weighted by molar-refractivity contribution is 5.30. The minimum Gasteiger partial charge on any atom is -0.298 e. The Balaban J connectivity index is 2.14. The number of rotatable bonds is 4. The zero-order valence-corrected chi connectivity index (χ0v) is 12.7. The van der Waals surface area contributed by atoms with Crippen molar-refractivity contribution in [2.45, 2.75) is 25.4 Å². The van der Waals surface area contributed by atoms with Crippen molar-refractivity contribution in [2.75, 3.05) is 7.05 Å². The van der Waals surface area contributed by atoms with E-state index in [0.717, 1.165) is 18.2 Å². The van der Waals surface area contributed by atoms with E-state index in [-0.39, 0.29) is 18.7 Å². The van der Waals surface area contributed by atoms with E-state index in [1.54, 1.807) is 11.9 Å². The predicted molar refractivity (Wildman–Crippen MR) is 78.1 cm³/mol. The molecule has 0 aliphatic carbocycles. The molecule has 0 saturated heterocycles. The van der Waals surface area contributed by atoms with Gasteiger partial charge in [0.15, 0.2) is 0 Å². The van der Waals surface area contributed by atoms with Crippen LogP contribution >= 0.6 is 0 Å². The third-order valence-electron chi connectivity index (χ3n) is 3.47. The van der Waals surface area contributed by atoms with Crippen molar-refractivity contribution >= 4 is 0 Å². The molecule has 0 spiro atoms. The fourth-order valence-electron chi connectivity index (χ4n) is 2.44. The van der Waals surface area contributed by atoms with Crippen LogP contribution in [-0.4, -0.2) is 11.9 Å². The van der Waals surface area contributed by atoms with Crippen LogP contribution in [0.15, 0.2) is 48.5 Å². The van der Waals surface area contributed by atoms with Gasteiger partial charge in [0, 0.05) is 13.1 Å². The molecule has 0 radical (unpaired) electrons. The summed E-state index contributed by atoms with van der Waals surface area (Å²) in [4.78, 5) is 1.54. The van der Waals surface area contributed by atoms with Gasteiger partial charge in [0.2, 0.25) is 0 Å². The maximum atomic E-state index is 13.0. The van der Waals surface area contributed by atoms with E-state index in [4.69, 9.17) is 0 Å². The number of nitrogens with zero attached hydrogens (tertiary/aromatic N) is 1. The molecular weight excluding hydrogens is 332 g/mol. The maximum Gasteiger partial charge on any atom is 0.416 e. The van der Waals surface area contributed by atoms with E-state index in [9.17, 15) is 26.3 Å². The molecule has 0 atom stereocenters. The Hall–Kier alpha value is -2.02. The lowest BCUT2D eigenvalue weighted by molar-refractivity contribution is -0.139. The molecule has 0 heterocycles. The minimum absolute atomic E-state index is 0.0219. The quantitative estimate of drug-likeness (QED) is 0.674. The molecule has 0 aliphatic heterocycles. The molecule has 0 amide bonds. The van der Waals surface area contributed by atoms with E-state index < -0.39 is 23.5 Å². The van der Waals surface area contributed by atoms with Crippen molar-refractivity contribution < 1.29 is 26.3 Å². The summed E-state index contributed by atoms with van der Waals surface area (Å²) in [5.74, 6) is 0. The first-order valence-corrected chi connectivity index (χ1v) is 7.07. The Labute approximate surface area is 135 Å². The first-order valence-electron chi connectivity index (χ1n) is 7.07. The van der Waals surface area contributed by atoms with Crippen molar-refractivity contribution in [3.05, 3.63) is 70.8 Å². The Morgan fingerprint density at radius 3 is 2.08 bits per heavy atom. The molecular formula is C17H15F6N. The van der Waals surface area contributed by atoms with Crippen LogP contribution in [0.25, 0.3) is 0 Å². The van der Waals surface area contributed by atoms with Gasteiger partial charge in [-0.2, -0.15) is 26.3 Å². The molecule has 0 aliphatic rings. The van der Waals surface area contributed by atoms with Crippen molar-refractivity contribution in [2.24, 2.45) is 0 Å². The van der Waals surface area contributed by atoms with Gasteiger partial charge >= 0.3 is 12.4 Å². The summed E-state index contributed by atoms with van der Waals surface area (Å²) in [6, 6.07) is 9.94. The maximum absolute atomic E-state index is 13.0. The molecule has 2 aromatic rings. The molecule has 24 heavy (non-hydrogen) atoms. The van der Waals surface area contributed by atoms with Gasteiger partial charge in [-0.25, -0.2) is 0 Å². The smallest absolute Gasteiger partial charge is 0.298 e. The monoisotopic (exact) mass is 347 g/mol. The summed E-state index contributed by atoms with van der Waals surface area (Å²) in [6.45, 7) is 0.0854. The summed E-state index contributed by atoms with van der Waals surface area (Å²) in [5.41, 5.74) is -1.04. The molecule has 0 fully saturated rings. The minimum atomic E-state index is -4.46. The predicted octanol–water partition coefficient (Wildman–Crippen LogP) is 5.36. The fraction of sp³-hybridized carbons (Fsp3) is 0.294. The van der Waals surface area contributed by atoms with Crippen molar-refractivity contribution in [1.29, 1.82) is 0 Å². The van der Waals surface area contributed by atoms with Crippen LogP contribution in [-0.2, 0) is 25.4 Å². The molecule has 2 aromatic carbocycles. The van der Waals surface area contributed by atoms with Gasteiger partial charge in [-0.3, -0.25) is 4.90 Å². The lowest BCUT2D eigenvalue weighted by Crippen LogP contribution is -2.20. The molecule has 1 nitrogen and oxygen atoms in total. The molecule has 7 heteroatoms. The Bertz CT molecular complexity index is 690. The van der Waals surface area contributed by atoms with Crippen LogP contribution in [0.1, 0.15) is 22.3 Å². The number of hydrogen-bond donors (Lipinski definition) is 0. The number of hydrogen-bond acceptors (Lipinski definition) is 1. The highest BCUT2D eigenvalue weighted by Gasteiger charge is 2.33. The van der Waals surface area contributed by atoms with Gasteiger partial charge in [-0.15, -0.1) is 0 Å². The van der Waals surface area contributed by atoms with Gasteiger partial charge in [0.05, 0.1) is 11.1 Å². The zero-order chi connectivity index (χ0) is 18.0. The third-order valence-corrected chi connectivity index (χ3v) is 3.47. The van der Waals surface area contributed by atoms with Gasteiger partial charge < -0.3 is 0 Å². The van der Waals surface area contributed by atoms with Crippen LogP contribution in [0.2, 0.25) is 0 Å². The van der Waals surface area contributed by atoms with Gasteiger partial charge in [-0.1, -0.05) is 36.4 Å². The highest BCUT2D eigenvalue weighted by atomic mass is 19.4. The molecule has 130 valence electrons. The van der Waals surface area contributed by atoms with Gasteiger partial charge in [-0.05, 0) is 30.3 Å². The first-order chi connectivity index (χ1) is 11.1.